The van der Waals surface area contributed by atoms with Crippen LogP contribution >= 0.6 is 0 Å². The van der Waals surface area contributed by atoms with Crippen LogP contribution in [-0.2, 0) is 0 Å². The third kappa shape index (κ3) is 3.01. The Kier molecular flexibility index (Phi) is 4.52. The van der Waals surface area contributed by atoms with E-state index in [1.165, 1.54) is 13.2 Å². The second-order valence-electron chi connectivity index (χ2n) is 8.40. The first-order valence-electron chi connectivity index (χ1n) is 9.71. The van der Waals surface area contributed by atoms with Gasteiger partial charge in [0.15, 0.2) is 0 Å². The first-order valence-corrected chi connectivity index (χ1v) is 9.71. The largest absolute Gasteiger partial charge is 0.480 e. The average molecular weight is 383 g/mol. The Morgan fingerprint density at radius 1 is 1.25 bits per heavy atom. The lowest BCUT2D eigenvalue weighted by Gasteiger charge is -2.35. The summed E-state index contributed by atoms with van der Waals surface area (Å²) in [5, 5.41) is 0. The second kappa shape index (κ2) is 6.76. The van der Waals surface area contributed by atoms with Gasteiger partial charge in [0.25, 0.3) is 5.91 Å². The van der Waals surface area contributed by atoms with Crippen LogP contribution in [0.15, 0.2) is 42.6 Å². The first-order chi connectivity index (χ1) is 13.4. The van der Waals surface area contributed by atoms with Crippen LogP contribution in [0.2, 0.25) is 0 Å². The number of ether oxygens (including phenoxy) is 1. The molecule has 2 aliphatic heterocycles. The molecule has 1 aromatic heterocycles. The van der Waals surface area contributed by atoms with E-state index in [-0.39, 0.29) is 22.8 Å². The molecule has 2 aromatic rings. The monoisotopic (exact) mass is 383 g/mol. The Morgan fingerprint density at radius 3 is 2.82 bits per heavy atom. The van der Waals surface area contributed by atoms with Gasteiger partial charge in [0.1, 0.15) is 11.4 Å². The Morgan fingerprint density at radius 2 is 2.07 bits per heavy atom. The zero-order valence-electron chi connectivity index (χ0n) is 16.6. The number of rotatable bonds is 3. The predicted octanol–water partition coefficient (Wildman–Crippen LogP) is 3.89. The molecule has 2 fully saturated rings. The van der Waals surface area contributed by atoms with Gasteiger partial charge < -0.3 is 14.5 Å². The van der Waals surface area contributed by atoms with Gasteiger partial charge in [-0.2, -0.15) is 0 Å². The standard InChI is InChI=1S/C22H26FN3O2/c1-21(2)14-22(15-26(21)17-8-4-7-16(23)13-17)10-6-12-25(22)20(27)18-9-5-11-24-19(18)28-3/h4-5,7-9,11,13H,6,10,12,14-15H2,1-3H3. The fraction of sp³-hybridized carbons (Fsp3) is 0.455. The van der Waals surface area contributed by atoms with Gasteiger partial charge in [-0.25, -0.2) is 9.37 Å². The molecule has 0 N–H and O–H groups in total. The van der Waals surface area contributed by atoms with Gasteiger partial charge in [-0.05, 0) is 63.4 Å². The molecule has 0 radical (unpaired) electrons. The number of anilines is 1. The zero-order valence-corrected chi connectivity index (χ0v) is 16.6. The van der Waals surface area contributed by atoms with Crippen LogP contribution in [0.25, 0.3) is 0 Å². The molecule has 0 aliphatic carbocycles. The lowest BCUT2D eigenvalue weighted by molar-refractivity contribution is 0.0613. The smallest absolute Gasteiger partial charge is 0.259 e. The molecular formula is C22H26FN3O2. The molecule has 1 unspecified atom stereocenters. The predicted molar refractivity (Wildman–Crippen MR) is 106 cm³/mol. The van der Waals surface area contributed by atoms with Gasteiger partial charge in [0.2, 0.25) is 5.88 Å². The van der Waals surface area contributed by atoms with Crippen LogP contribution in [0.4, 0.5) is 10.1 Å². The number of nitrogens with zero attached hydrogens (tertiary/aromatic N) is 3. The van der Waals surface area contributed by atoms with E-state index < -0.39 is 0 Å². The highest BCUT2D eigenvalue weighted by Crippen LogP contribution is 2.47. The molecular weight excluding hydrogens is 357 g/mol. The summed E-state index contributed by atoms with van der Waals surface area (Å²) in [6, 6.07) is 10.2. The van der Waals surface area contributed by atoms with Crippen molar-refractivity contribution in [2.45, 2.75) is 44.2 Å². The highest BCUT2D eigenvalue weighted by molar-refractivity contribution is 5.97. The lowest BCUT2D eigenvalue weighted by Crippen LogP contribution is -2.49. The van der Waals surface area contributed by atoms with Crippen LogP contribution in [0.1, 0.15) is 43.5 Å². The zero-order chi connectivity index (χ0) is 19.9. The molecule has 0 saturated carbocycles. The SMILES string of the molecule is COc1ncccc1C(=O)N1CCCC12CN(c1cccc(F)c1)C(C)(C)C2. The van der Waals surface area contributed by atoms with Gasteiger partial charge in [0, 0.05) is 30.5 Å². The van der Waals surface area contributed by atoms with Crippen molar-refractivity contribution in [3.63, 3.8) is 0 Å². The normalized spacial score (nSPS) is 23.4. The minimum Gasteiger partial charge on any atom is -0.480 e. The summed E-state index contributed by atoms with van der Waals surface area (Å²) in [6.07, 6.45) is 4.36. The third-order valence-corrected chi connectivity index (χ3v) is 6.10. The van der Waals surface area contributed by atoms with Crippen LogP contribution < -0.4 is 9.64 Å². The van der Waals surface area contributed by atoms with E-state index in [2.05, 4.69) is 23.7 Å². The van der Waals surface area contributed by atoms with Crippen molar-refractivity contribution in [2.75, 3.05) is 25.1 Å². The number of halogens is 1. The minimum absolute atomic E-state index is 0.0423. The van der Waals surface area contributed by atoms with Gasteiger partial charge in [0.05, 0.1) is 12.6 Å². The number of carbonyl (C=O) groups excluding carboxylic acids is 1. The first kappa shape index (κ1) is 18.7. The number of benzene rings is 1. The van der Waals surface area contributed by atoms with Gasteiger partial charge in [-0.15, -0.1) is 0 Å². The van der Waals surface area contributed by atoms with E-state index in [9.17, 15) is 9.18 Å². The third-order valence-electron chi connectivity index (χ3n) is 6.10. The van der Waals surface area contributed by atoms with Gasteiger partial charge in [-0.3, -0.25) is 4.79 Å². The van der Waals surface area contributed by atoms with Gasteiger partial charge >= 0.3 is 0 Å². The van der Waals surface area contributed by atoms with E-state index in [1.807, 2.05) is 11.0 Å². The number of hydrogen-bond donors (Lipinski definition) is 0. The van der Waals surface area contributed by atoms with Crippen LogP contribution in [0.5, 0.6) is 5.88 Å². The highest BCUT2D eigenvalue weighted by atomic mass is 19.1. The fourth-order valence-corrected chi connectivity index (χ4v) is 5.01. The van der Waals surface area contributed by atoms with Crippen LogP contribution in [-0.4, -0.2) is 47.1 Å². The topological polar surface area (TPSA) is 45.7 Å². The van der Waals surface area contributed by atoms with Crippen molar-refractivity contribution >= 4 is 11.6 Å². The van der Waals surface area contributed by atoms with E-state index >= 15 is 0 Å². The maximum absolute atomic E-state index is 13.8. The maximum atomic E-state index is 13.8. The number of pyridine rings is 1. The van der Waals surface area contributed by atoms with E-state index in [0.29, 0.717) is 24.5 Å². The summed E-state index contributed by atoms with van der Waals surface area (Å²) in [4.78, 5) is 21.8. The summed E-state index contributed by atoms with van der Waals surface area (Å²) in [5.74, 6) is 0.0711. The van der Waals surface area contributed by atoms with Crippen molar-refractivity contribution in [3.8, 4) is 5.88 Å². The molecule has 1 amide bonds. The summed E-state index contributed by atoms with van der Waals surface area (Å²) in [6.45, 7) is 5.73. The highest BCUT2D eigenvalue weighted by Gasteiger charge is 2.55. The number of aromatic nitrogens is 1. The lowest BCUT2D eigenvalue weighted by atomic mass is 9.87. The molecule has 5 nitrogen and oxygen atoms in total. The fourth-order valence-electron chi connectivity index (χ4n) is 5.01. The molecule has 1 aromatic carbocycles. The molecule has 28 heavy (non-hydrogen) atoms. The Balaban J connectivity index is 1.68. The molecule has 6 heteroatoms. The summed E-state index contributed by atoms with van der Waals surface area (Å²) >= 11 is 0. The van der Waals surface area contributed by atoms with Crippen molar-refractivity contribution in [1.82, 2.24) is 9.88 Å². The van der Waals surface area contributed by atoms with E-state index in [1.54, 1.807) is 30.5 Å². The quantitative estimate of drug-likeness (QED) is 0.807. The van der Waals surface area contributed by atoms with Crippen molar-refractivity contribution in [3.05, 3.63) is 54.0 Å². The summed E-state index contributed by atoms with van der Waals surface area (Å²) in [5.41, 5.74) is 0.900. The van der Waals surface area contributed by atoms with Crippen LogP contribution in [0, 0.1) is 5.82 Å². The molecule has 0 bridgehead atoms. The molecule has 2 saturated heterocycles. The number of methoxy groups -OCH3 is 1. The molecule has 148 valence electrons. The summed E-state index contributed by atoms with van der Waals surface area (Å²) in [7, 11) is 1.53. The maximum Gasteiger partial charge on any atom is 0.259 e. The van der Waals surface area contributed by atoms with E-state index in [0.717, 1.165) is 24.9 Å². The Labute approximate surface area is 165 Å². The number of amides is 1. The summed E-state index contributed by atoms with van der Waals surface area (Å²) < 4.78 is 19.1. The molecule has 3 heterocycles. The number of hydrogen-bond acceptors (Lipinski definition) is 4. The number of carbonyl (C=O) groups is 1. The number of likely N-dealkylation sites (tertiary alicyclic amines) is 1. The van der Waals surface area contributed by atoms with Crippen molar-refractivity contribution in [2.24, 2.45) is 0 Å². The molecule has 1 spiro atoms. The molecule has 4 rings (SSSR count). The minimum atomic E-state index is -0.270. The Hall–Kier alpha value is -2.63. The Bertz CT molecular complexity index is 901. The van der Waals surface area contributed by atoms with Crippen molar-refractivity contribution in [1.29, 1.82) is 0 Å². The van der Waals surface area contributed by atoms with Crippen molar-refractivity contribution < 1.29 is 13.9 Å². The molecule has 1 atom stereocenters. The van der Waals surface area contributed by atoms with Gasteiger partial charge in [-0.1, -0.05) is 6.07 Å². The average Bonchev–Trinajstić information content (AvgIpc) is 3.20. The molecule has 2 aliphatic rings. The van der Waals surface area contributed by atoms with E-state index in [4.69, 9.17) is 4.74 Å². The second-order valence-corrected chi connectivity index (χ2v) is 8.40. The van der Waals surface area contributed by atoms with Crippen LogP contribution in [0.3, 0.4) is 0 Å².